The van der Waals surface area contributed by atoms with Crippen molar-refractivity contribution in [3.05, 3.63) is 84.0 Å². The molecule has 4 aromatic rings. The van der Waals surface area contributed by atoms with Crippen molar-refractivity contribution in [2.75, 3.05) is 0 Å². The van der Waals surface area contributed by atoms with Crippen molar-refractivity contribution < 1.29 is 4.79 Å². The van der Waals surface area contributed by atoms with Gasteiger partial charge in [-0.25, -0.2) is 9.97 Å². The molecule has 1 amide bonds. The Morgan fingerprint density at radius 3 is 2.75 bits per heavy atom. The van der Waals surface area contributed by atoms with Crippen LogP contribution >= 0.6 is 11.3 Å². The minimum Gasteiger partial charge on any atom is -0.349 e. The van der Waals surface area contributed by atoms with Gasteiger partial charge in [-0.15, -0.1) is 11.3 Å². The Kier molecular flexibility index (Phi) is 5.25. The van der Waals surface area contributed by atoms with Crippen LogP contribution in [-0.4, -0.2) is 25.4 Å². The zero-order valence-corrected chi connectivity index (χ0v) is 16.1. The van der Waals surface area contributed by atoms with Crippen LogP contribution in [0.5, 0.6) is 0 Å². The molecule has 7 heteroatoms. The van der Waals surface area contributed by atoms with Gasteiger partial charge >= 0.3 is 0 Å². The van der Waals surface area contributed by atoms with E-state index in [0.717, 1.165) is 27.6 Å². The summed E-state index contributed by atoms with van der Waals surface area (Å²) in [6, 6.07) is 13.7. The lowest BCUT2D eigenvalue weighted by Gasteiger charge is -2.14. The molecular formula is C21H19N5OS. The molecule has 28 heavy (non-hydrogen) atoms. The highest BCUT2D eigenvalue weighted by Gasteiger charge is 2.13. The molecule has 0 radical (unpaired) electrons. The van der Waals surface area contributed by atoms with Crippen molar-refractivity contribution in [2.45, 2.75) is 19.4 Å². The number of aromatic nitrogens is 4. The molecule has 0 saturated carbocycles. The maximum absolute atomic E-state index is 12.4. The molecule has 0 saturated heterocycles. The van der Waals surface area contributed by atoms with Gasteiger partial charge in [0.25, 0.3) is 0 Å². The normalized spacial score (nSPS) is 11.9. The SMILES string of the molecule is C[C@H](NC(=O)Cc1csc(-c2ccccn2)n1)c1ccc(-n2ccnc2)cc1. The molecule has 1 aromatic carbocycles. The average Bonchev–Trinajstić information content (AvgIpc) is 3.41. The number of hydrogen-bond acceptors (Lipinski definition) is 5. The molecule has 4 rings (SSSR count). The largest absolute Gasteiger partial charge is 0.349 e. The van der Waals surface area contributed by atoms with Gasteiger partial charge in [-0.05, 0) is 36.8 Å². The van der Waals surface area contributed by atoms with Crippen LogP contribution in [0.2, 0.25) is 0 Å². The quantitative estimate of drug-likeness (QED) is 0.544. The zero-order chi connectivity index (χ0) is 19.3. The Bertz CT molecular complexity index is 1040. The summed E-state index contributed by atoms with van der Waals surface area (Å²) in [6.07, 6.45) is 7.39. The smallest absolute Gasteiger partial charge is 0.226 e. The van der Waals surface area contributed by atoms with Gasteiger partial charge < -0.3 is 9.88 Å². The molecule has 6 nitrogen and oxygen atoms in total. The standard InChI is InChI=1S/C21H19N5OS/c1-15(16-5-7-18(8-6-16)26-11-10-22-14-26)24-20(27)12-17-13-28-21(25-17)19-4-2-3-9-23-19/h2-11,13-15H,12H2,1H3,(H,24,27)/t15-/m0/s1. The van der Waals surface area contributed by atoms with Crippen LogP contribution in [-0.2, 0) is 11.2 Å². The van der Waals surface area contributed by atoms with Gasteiger partial charge in [-0.1, -0.05) is 18.2 Å². The summed E-state index contributed by atoms with van der Waals surface area (Å²) < 4.78 is 1.94. The van der Waals surface area contributed by atoms with Gasteiger partial charge in [0.2, 0.25) is 5.91 Å². The van der Waals surface area contributed by atoms with Gasteiger partial charge in [0.15, 0.2) is 0 Å². The molecule has 0 spiro atoms. The Labute approximate surface area is 166 Å². The summed E-state index contributed by atoms with van der Waals surface area (Å²) in [5.74, 6) is -0.0518. The van der Waals surface area contributed by atoms with E-state index in [4.69, 9.17) is 0 Å². The lowest BCUT2D eigenvalue weighted by molar-refractivity contribution is -0.121. The van der Waals surface area contributed by atoms with Crippen molar-refractivity contribution in [3.63, 3.8) is 0 Å². The first-order valence-corrected chi connectivity index (χ1v) is 9.80. The monoisotopic (exact) mass is 389 g/mol. The van der Waals surface area contributed by atoms with E-state index >= 15 is 0 Å². The van der Waals surface area contributed by atoms with Crippen molar-refractivity contribution in [3.8, 4) is 16.4 Å². The second-order valence-electron chi connectivity index (χ2n) is 6.39. The number of nitrogens with one attached hydrogen (secondary N) is 1. The third-order valence-corrected chi connectivity index (χ3v) is 5.26. The number of benzene rings is 1. The molecule has 1 N–H and O–H groups in total. The molecule has 0 fully saturated rings. The fourth-order valence-electron chi connectivity index (χ4n) is 2.88. The summed E-state index contributed by atoms with van der Waals surface area (Å²) >= 11 is 1.50. The highest BCUT2D eigenvalue weighted by atomic mass is 32.1. The van der Waals surface area contributed by atoms with E-state index in [2.05, 4.69) is 20.3 Å². The maximum atomic E-state index is 12.4. The van der Waals surface area contributed by atoms with Gasteiger partial charge in [-0.3, -0.25) is 9.78 Å². The summed E-state index contributed by atoms with van der Waals surface area (Å²) in [5.41, 5.74) is 3.66. The first-order chi connectivity index (χ1) is 13.7. The predicted octanol–water partition coefficient (Wildman–Crippen LogP) is 3.81. The molecular weight excluding hydrogens is 370 g/mol. The Hall–Kier alpha value is -3.32. The minimum atomic E-state index is -0.0850. The molecule has 0 aliphatic rings. The van der Waals surface area contributed by atoms with Crippen molar-refractivity contribution in [1.82, 2.24) is 24.8 Å². The number of amides is 1. The second kappa shape index (κ2) is 8.14. The van der Waals surface area contributed by atoms with E-state index in [-0.39, 0.29) is 18.4 Å². The van der Waals surface area contributed by atoms with E-state index < -0.39 is 0 Å². The van der Waals surface area contributed by atoms with E-state index in [1.807, 2.05) is 65.5 Å². The average molecular weight is 389 g/mol. The van der Waals surface area contributed by atoms with E-state index in [1.54, 1.807) is 18.7 Å². The Morgan fingerprint density at radius 2 is 2.04 bits per heavy atom. The van der Waals surface area contributed by atoms with Gasteiger partial charge in [-0.2, -0.15) is 0 Å². The predicted molar refractivity (Wildman–Crippen MR) is 109 cm³/mol. The summed E-state index contributed by atoms with van der Waals surface area (Å²) in [4.78, 5) is 25.3. The van der Waals surface area contributed by atoms with Gasteiger partial charge in [0.05, 0.1) is 30.2 Å². The lowest BCUT2D eigenvalue weighted by Crippen LogP contribution is -2.28. The summed E-state index contributed by atoms with van der Waals surface area (Å²) in [7, 11) is 0. The van der Waals surface area contributed by atoms with E-state index in [9.17, 15) is 4.79 Å². The van der Waals surface area contributed by atoms with E-state index in [0.29, 0.717) is 0 Å². The van der Waals surface area contributed by atoms with Crippen LogP contribution in [0, 0.1) is 0 Å². The first-order valence-electron chi connectivity index (χ1n) is 8.92. The van der Waals surface area contributed by atoms with Gasteiger partial charge in [0.1, 0.15) is 5.01 Å². The molecule has 0 aliphatic carbocycles. The van der Waals surface area contributed by atoms with Crippen LogP contribution in [0.15, 0.2) is 72.8 Å². The third-order valence-electron chi connectivity index (χ3n) is 4.35. The minimum absolute atomic E-state index is 0.0518. The van der Waals surface area contributed by atoms with Crippen LogP contribution in [0.25, 0.3) is 16.4 Å². The number of pyridine rings is 1. The number of nitrogens with zero attached hydrogens (tertiary/aromatic N) is 4. The van der Waals surface area contributed by atoms with Crippen LogP contribution < -0.4 is 5.32 Å². The van der Waals surface area contributed by atoms with Crippen molar-refractivity contribution in [2.24, 2.45) is 0 Å². The number of carbonyl (C=O) groups excluding carboxylic acids is 1. The highest BCUT2D eigenvalue weighted by molar-refractivity contribution is 7.13. The van der Waals surface area contributed by atoms with Crippen LogP contribution in [0.4, 0.5) is 0 Å². The maximum Gasteiger partial charge on any atom is 0.226 e. The highest BCUT2D eigenvalue weighted by Crippen LogP contribution is 2.22. The van der Waals surface area contributed by atoms with Crippen LogP contribution in [0.1, 0.15) is 24.2 Å². The molecule has 140 valence electrons. The Morgan fingerprint density at radius 1 is 1.18 bits per heavy atom. The third kappa shape index (κ3) is 4.15. The summed E-state index contributed by atoms with van der Waals surface area (Å²) in [5, 5.41) is 5.78. The first kappa shape index (κ1) is 18.1. The second-order valence-corrected chi connectivity index (χ2v) is 7.24. The molecule has 0 bridgehead atoms. The topological polar surface area (TPSA) is 72.7 Å². The number of hydrogen-bond donors (Lipinski definition) is 1. The van der Waals surface area contributed by atoms with Crippen molar-refractivity contribution >= 4 is 17.2 Å². The molecule has 1 atom stereocenters. The van der Waals surface area contributed by atoms with Crippen LogP contribution in [0.3, 0.4) is 0 Å². The molecule has 0 unspecified atom stereocenters. The summed E-state index contributed by atoms with van der Waals surface area (Å²) in [6.45, 7) is 1.98. The molecule has 3 aromatic heterocycles. The molecule has 3 heterocycles. The number of imidazole rings is 1. The van der Waals surface area contributed by atoms with Gasteiger partial charge in [0, 0.05) is 29.7 Å². The fraction of sp³-hybridized carbons (Fsp3) is 0.143. The fourth-order valence-corrected chi connectivity index (χ4v) is 3.68. The lowest BCUT2D eigenvalue weighted by atomic mass is 10.1. The number of carbonyl (C=O) groups is 1. The Balaban J connectivity index is 1.36. The van der Waals surface area contributed by atoms with Crippen molar-refractivity contribution in [1.29, 1.82) is 0 Å². The molecule has 0 aliphatic heterocycles. The zero-order valence-electron chi connectivity index (χ0n) is 15.3. The number of thiazole rings is 1. The number of rotatable bonds is 6. The van der Waals surface area contributed by atoms with E-state index in [1.165, 1.54) is 11.3 Å².